The molecule has 2 amide bonds. The summed E-state index contributed by atoms with van der Waals surface area (Å²) in [5.74, 6) is 0.126. The van der Waals surface area contributed by atoms with E-state index in [1.165, 1.54) is 10.5 Å². The maximum absolute atomic E-state index is 12.6. The second-order valence-electron chi connectivity index (χ2n) is 8.78. The molecule has 1 aliphatic rings. The van der Waals surface area contributed by atoms with E-state index in [0.717, 1.165) is 31.1 Å². The van der Waals surface area contributed by atoms with Gasteiger partial charge in [0.25, 0.3) is 11.8 Å². The second-order valence-corrected chi connectivity index (χ2v) is 8.78. The van der Waals surface area contributed by atoms with Crippen molar-refractivity contribution in [1.82, 2.24) is 10.2 Å². The topological polar surface area (TPSA) is 58.3 Å². The molecule has 0 aromatic heterocycles. The van der Waals surface area contributed by atoms with Gasteiger partial charge in [0.2, 0.25) is 0 Å². The fourth-order valence-electron chi connectivity index (χ4n) is 3.62. The van der Waals surface area contributed by atoms with Crippen LogP contribution < -0.4 is 15.1 Å². The van der Waals surface area contributed by atoms with E-state index in [2.05, 4.69) is 36.5 Å². The van der Waals surface area contributed by atoms with Crippen LogP contribution in [0.25, 0.3) is 0 Å². The zero-order chi connectivity index (χ0) is 20.0. The molecule has 0 bridgehead atoms. The number of benzene rings is 1. The molecule has 6 nitrogen and oxygen atoms in total. The van der Waals surface area contributed by atoms with Crippen LogP contribution in [0.4, 0.5) is 0 Å². The van der Waals surface area contributed by atoms with Gasteiger partial charge in [-0.25, -0.2) is 0 Å². The van der Waals surface area contributed by atoms with E-state index in [0.29, 0.717) is 19.1 Å². The summed E-state index contributed by atoms with van der Waals surface area (Å²) >= 11 is 0. The number of nitrogens with one attached hydrogen (secondary N) is 3. The summed E-state index contributed by atoms with van der Waals surface area (Å²) in [5.41, 5.74) is 1.11. The summed E-state index contributed by atoms with van der Waals surface area (Å²) in [5, 5.41) is 2.95. The number of carbonyl (C=O) groups is 2. The van der Waals surface area contributed by atoms with Crippen LogP contribution in [0, 0.1) is 0 Å². The van der Waals surface area contributed by atoms with E-state index in [-0.39, 0.29) is 17.4 Å². The lowest BCUT2D eigenvalue weighted by molar-refractivity contribution is -0.933. The molecule has 1 fully saturated rings. The lowest BCUT2D eigenvalue weighted by Crippen LogP contribution is -3.15. The number of nitrogens with zero attached hydrogens (tertiary/aromatic N) is 1. The van der Waals surface area contributed by atoms with E-state index in [4.69, 9.17) is 0 Å². The first-order chi connectivity index (χ1) is 12.7. The van der Waals surface area contributed by atoms with Gasteiger partial charge in [-0.15, -0.1) is 0 Å². The molecule has 1 aliphatic heterocycles. The average molecular weight is 377 g/mol. The Kier molecular flexibility index (Phi) is 7.39. The van der Waals surface area contributed by atoms with Crippen LogP contribution in [-0.4, -0.2) is 68.6 Å². The molecule has 1 heterocycles. The van der Waals surface area contributed by atoms with Gasteiger partial charge in [0.1, 0.15) is 6.04 Å². The predicted molar refractivity (Wildman–Crippen MR) is 107 cm³/mol. The van der Waals surface area contributed by atoms with Crippen LogP contribution in [0.3, 0.4) is 0 Å². The van der Waals surface area contributed by atoms with E-state index >= 15 is 0 Å². The Morgan fingerprint density at radius 1 is 1.15 bits per heavy atom. The van der Waals surface area contributed by atoms with Crippen molar-refractivity contribution < 1.29 is 19.4 Å². The van der Waals surface area contributed by atoms with Crippen LogP contribution in [-0.2, 0) is 9.59 Å². The number of piperazine rings is 1. The van der Waals surface area contributed by atoms with Crippen LogP contribution in [0.2, 0.25) is 0 Å². The van der Waals surface area contributed by atoms with E-state index in [1.807, 2.05) is 38.8 Å². The Hall–Kier alpha value is -1.92. The maximum Gasteiger partial charge on any atom is 0.278 e. The maximum atomic E-state index is 12.6. The number of amides is 2. The summed E-state index contributed by atoms with van der Waals surface area (Å²) in [4.78, 5) is 29.0. The highest BCUT2D eigenvalue weighted by Crippen LogP contribution is 2.08. The lowest BCUT2D eigenvalue weighted by Gasteiger charge is -2.35. The minimum Gasteiger partial charge on any atom is -0.347 e. The Morgan fingerprint density at radius 3 is 2.30 bits per heavy atom. The monoisotopic (exact) mass is 376 g/mol. The fourth-order valence-corrected chi connectivity index (χ4v) is 3.62. The molecule has 1 aromatic carbocycles. The summed E-state index contributed by atoms with van der Waals surface area (Å²) in [7, 11) is 1.90. The zero-order valence-electron chi connectivity index (χ0n) is 17.5. The highest BCUT2D eigenvalue weighted by Gasteiger charge is 2.29. The summed E-state index contributed by atoms with van der Waals surface area (Å²) < 4.78 is 0. The van der Waals surface area contributed by atoms with Crippen molar-refractivity contribution in [2.75, 3.05) is 46.3 Å². The predicted octanol–water partition coefficient (Wildman–Crippen LogP) is -1.10. The van der Waals surface area contributed by atoms with Crippen LogP contribution in [0.15, 0.2) is 30.3 Å². The number of hydrogen-bond donors (Lipinski definition) is 3. The van der Waals surface area contributed by atoms with Gasteiger partial charge in [0, 0.05) is 11.1 Å². The second kappa shape index (κ2) is 9.33. The van der Waals surface area contributed by atoms with Gasteiger partial charge >= 0.3 is 0 Å². The quantitative estimate of drug-likeness (QED) is 0.591. The van der Waals surface area contributed by atoms with Gasteiger partial charge in [-0.05, 0) is 27.7 Å². The molecular weight excluding hydrogens is 340 g/mol. The standard InChI is InChI=1S/C21H34N4O2/c1-17(18-9-7-6-8-10-18)24-11-13-25(14-12-24)20(27)16-23(5)15-19(26)22-21(2,3)4/h6-10,17H,11-16H2,1-5H3,(H,22,26)/p+2/t17-/m0/s1. The normalized spacial score (nSPS) is 18.0. The third-order valence-electron chi connectivity index (χ3n) is 5.10. The van der Waals surface area contributed by atoms with Gasteiger partial charge in [0.05, 0.1) is 33.2 Å². The molecule has 3 N–H and O–H groups in total. The lowest BCUT2D eigenvalue weighted by atomic mass is 10.1. The third kappa shape index (κ3) is 6.96. The zero-order valence-corrected chi connectivity index (χ0v) is 17.5. The number of likely N-dealkylation sites (N-methyl/N-ethyl adjacent to an activating group) is 1. The first-order valence-electron chi connectivity index (χ1n) is 9.95. The molecule has 1 unspecified atom stereocenters. The summed E-state index contributed by atoms with van der Waals surface area (Å²) in [6, 6.07) is 11.0. The van der Waals surface area contributed by atoms with Crippen molar-refractivity contribution >= 4 is 11.8 Å². The van der Waals surface area contributed by atoms with Gasteiger partial charge in [0.15, 0.2) is 13.1 Å². The SMILES string of the molecule is C[C@@H](c1ccccc1)[NH+]1CCN(C(=O)C[NH+](C)CC(=O)NC(C)(C)C)CC1. The van der Waals surface area contributed by atoms with Crippen molar-refractivity contribution in [1.29, 1.82) is 0 Å². The molecule has 2 rings (SSSR count). The Bertz CT molecular complexity index is 619. The van der Waals surface area contributed by atoms with Crippen molar-refractivity contribution in [2.45, 2.75) is 39.3 Å². The minimum absolute atomic E-state index is 0.0150. The molecule has 150 valence electrons. The van der Waals surface area contributed by atoms with E-state index < -0.39 is 0 Å². The first-order valence-corrected chi connectivity index (χ1v) is 9.95. The summed E-state index contributed by atoms with van der Waals surface area (Å²) in [6.07, 6.45) is 0. The molecule has 0 aliphatic carbocycles. The summed E-state index contributed by atoms with van der Waals surface area (Å²) in [6.45, 7) is 12.3. The molecular formula is C21H36N4O2+2. The largest absolute Gasteiger partial charge is 0.347 e. The van der Waals surface area contributed by atoms with Crippen LogP contribution >= 0.6 is 0 Å². The highest BCUT2D eigenvalue weighted by atomic mass is 16.2. The van der Waals surface area contributed by atoms with Gasteiger partial charge in [-0.2, -0.15) is 0 Å². The molecule has 0 saturated carbocycles. The number of rotatable bonds is 6. The molecule has 1 aromatic rings. The molecule has 1 saturated heterocycles. The number of hydrogen-bond acceptors (Lipinski definition) is 2. The van der Waals surface area contributed by atoms with Crippen molar-refractivity contribution in [3.05, 3.63) is 35.9 Å². The van der Waals surface area contributed by atoms with Gasteiger partial charge < -0.3 is 20.0 Å². The molecule has 2 atom stereocenters. The third-order valence-corrected chi connectivity index (χ3v) is 5.10. The first kappa shape index (κ1) is 21.4. The molecule has 0 radical (unpaired) electrons. The molecule has 0 spiro atoms. The van der Waals surface area contributed by atoms with Crippen LogP contribution in [0.1, 0.15) is 39.3 Å². The highest BCUT2D eigenvalue weighted by molar-refractivity contribution is 5.79. The smallest absolute Gasteiger partial charge is 0.278 e. The molecule has 27 heavy (non-hydrogen) atoms. The Morgan fingerprint density at radius 2 is 1.74 bits per heavy atom. The van der Waals surface area contributed by atoms with Crippen molar-refractivity contribution in [2.24, 2.45) is 0 Å². The minimum atomic E-state index is -0.240. The Balaban J connectivity index is 1.77. The molecule has 6 heteroatoms. The fraction of sp³-hybridized carbons (Fsp3) is 0.619. The van der Waals surface area contributed by atoms with E-state index in [1.54, 1.807) is 0 Å². The average Bonchev–Trinajstić information content (AvgIpc) is 2.60. The Labute approximate surface area is 163 Å². The number of carbonyl (C=O) groups excluding carboxylic acids is 2. The van der Waals surface area contributed by atoms with Crippen LogP contribution in [0.5, 0.6) is 0 Å². The van der Waals surface area contributed by atoms with E-state index in [9.17, 15) is 9.59 Å². The van der Waals surface area contributed by atoms with Gasteiger partial charge in [-0.3, -0.25) is 9.59 Å². The van der Waals surface area contributed by atoms with Gasteiger partial charge in [-0.1, -0.05) is 30.3 Å². The number of quaternary nitrogens is 2. The van der Waals surface area contributed by atoms with Crippen molar-refractivity contribution in [3.63, 3.8) is 0 Å². The van der Waals surface area contributed by atoms with Crippen molar-refractivity contribution in [3.8, 4) is 0 Å².